The molecule has 7 heteroatoms. The molecule has 0 unspecified atom stereocenters. The Kier molecular flexibility index (Phi) is 5.64. The van der Waals surface area contributed by atoms with Gasteiger partial charge in [0.05, 0.1) is 12.6 Å². The lowest BCUT2D eigenvalue weighted by Crippen LogP contribution is -2.44. The van der Waals surface area contributed by atoms with Gasteiger partial charge < -0.3 is 9.80 Å². The standard InChI is InChI=1S/C26H28N6O/c1-18-10-21-15-28-23(11-20(21)12-24(18)22-16-29-31(3)17-22)14-25(33)19-4-5-27-26(13-19)32-8-6-30(2)7-9-32/h4-5,10-13,15-17H,6-9,14H2,1-3H3. The highest BCUT2D eigenvalue weighted by Crippen LogP contribution is 2.28. The van der Waals surface area contributed by atoms with Crippen molar-refractivity contribution in [1.82, 2.24) is 24.6 Å². The molecule has 0 saturated carbocycles. The monoisotopic (exact) mass is 440 g/mol. The maximum atomic E-state index is 13.1. The van der Waals surface area contributed by atoms with Crippen LogP contribution < -0.4 is 4.90 Å². The number of rotatable bonds is 5. The molecule has 1 aliphatic heterocycles. The van der Waals surface area contributed by atoms with E-state index in [-0.39, 0.29) is 12.2 Å². The number of hydrogen-bond donors (Lipinski definition) is 0. The third-order valence-corrected chi connectivity index (χ3v) is 6.37. The van der Waals surface area contributed by atoms with Crippen molar-refractivity contribution in [2.75, 3.05) is 38.1 Å². The van der Waals surface area contributed by atoms with Gasteiger partial charge in [0.25, 0.3) is 0 Å². The number of piperazine rings is 1. The number of likely N-dealkylation sites (N-methyl/N-ethyl adjacent to an activating group) is 1. The fraction of sp³-hybridized carbons (Fsp3) is 0.308. The second-order valence-electron chi connectivity index (χ2n) is 8.89. The molecule has 4 heterocycles. The number of aryl methyl sites for hydroxylation is 2. The lowest BCUT2D eigenvalue weighted by atomic mass is 9.98. The Morgan fingerprint density at radius 2 is 1.79 bits per heavy atom. The van der Waals surface area contributed by atoms with Gasteiger partial charge in [0.2, 0.25) is 0 Å². The van der Waals surface area contributed by atoms with E-state index in [2.05, 4.69) is 51.0 Å². The number of aromatic nitrogens is 4. The molecule has 5 rings (SSSR count). The first-order valence-corrected chi connectivity index (χ1v) is 11.3. The van der Waals surface area contributed by atoms with Crippen LogP contribution in [0.4, 0.5) is 5.82 Å². The molecule has 0 bridgehead atoms. The van der Waals surface area contributed by atoms with Gasteiger partial charge in [-0.05, 0) is 60.8 Å². The molecule has 0 N–H and O–H groups in total. The van der Waals surface area contributed by atoms with Crippen LogP contribution in [0.3, 0.4) is 0 Å². The molecule has 33 heavy (non-hydrogen) atoms. The van der Waals surface area contributed by atoms with Crippen LogP contribution in [0.25, 0.3) is 21.9 Å². The summed E-state index contributed by atoms with van der Waals surface area (Å²) in [5, 5.41) is 6.44. The van der Waals surface area contributed by atoms with Gasteiger partial charge in [0.15, 0.2) is 5.78 Å². The zero-order chi connectivity index (χ0) is 22.9. The highest BCUT2D eigenvalue weighted by Gasteiger charge is 2.17. The quantitative estimate of drug-likeness (QED) is 0.443. The van der Waals surface area contributed by atoms with E-state index in [1.807, 2.05) is 37.8 Å². The number of pyridine rings is 2. The molecule has 0 atom stereocenters. The average molecular weight is 441 g/mol. The largest absolute Gasteiger partial charge is 0.354 e. The number of hydrogen-bond acceptors (Lipinski definition) is 6. The highest BCUT2D eigenvalue weighted by molar-refractivity contribution is 5.98. The van der Waals surface area contributed by atoms with Crippen LogP contribution in [0.5, 0.6) is 0 Å². The van der Waals surface area contributed by atoms with Crippen LogP contribution >= 0.6 is 0 Å². The molecule has 0 amide bonds. The normalized spacial score (nSPS) is 14.7. The molecule has 0 spiro atoms. The maximum Gasteiger partial charge on any atom is 0.169 e. The smallest absolute Gasteiger partial charge is 0.169 e. The van der Waals surface area contributed by atoms with Gasteiger partial charge in [-0.15, -0.1) is 0 Å². The van der Waals surface area contributed by atoms with Gasteiger partial charge in [-0.1, -0.05) is 0 Å². The lowest BCUT2D eigenvalue weighted by Gasteiger charge is -2.33. The van der Waals surface area contributed by atoms with Gasteiger partial charge in [-0.25, -0.2) is 4.98 Å². The fourth-order valence-electron chi connectivity index (χ4n) is 4.39. The average Bonchev–Trinajstić information content (AvgIpc) is 3.25. The van der Waals surface area contributed by atoms with Crippen molar-refractivity contribution in [1.29, 1.82) is 0 Å². The summed E-state index contributed by atoms with van der Waals surface area (Å²) in [5.41, 5.74) is 4.85. The SMILES string of the molecule is Cc1cc2cnc(CC(=O)c3ccnc(N4CCN(C)CC4)c3)cc2cc1-c1cnn(C)c1. The number of carbonyl (C=O) groups excluding carboxylic acids is 1. The third-order valence-electron chi connectivity index (χ3n) is 6.37. The van der Waals surface area contributed by atoms with Crippen molar-refractivity contribution in [2.24, 2.45) is 7.05 Å². The van der Waals surface area contributed by atoms with E-state index in [0.717, 1.165) is 59.6 Å². The highest BCUT2D eigenvalue weighted by atomic mass is 16.1. The fourth-order valence-corrected chi connectivity index (χ4v) is 4.39. The van der Waals surface area contributed by atoms with E-state index in [1.54, 1.807) is 16.9 Å². The second-order valence-corrected chi connectivity index (χ2v) is 8.89. The lowest BCUT2D eigenvalue weighted by molar-refractivity contribution is 0.0992. The van der Waals surface area contributed by atoms with Crippen molar-refractivity contribution in [3.05, 3.63) is 71.9 Å². The summed E-state index contributed by atoms with van der Waals surface area (Å²) in [7, 11) is 4.05. The molecule has 1 saturated heterocycles. The van der Waals surface area contributed by atoms with Crippen molar-refractivity contribution in [2.45, 2.75) is 13.3 Å². The molecule has 0 radical (unpaired) electrons. The maximum absolute atomic E-state index is 13.1. The molecular weight excluding hydrogens is 412 g/mol. The van der Waals surface area contributed by atoms with Gasteiger partial charge in [-0.3, -0.25) is 14.5 Å². The molecule has 7 nitrogen and oxygen atoms in total. The molecule has 3 aromatic heterocycles. The topological polar surface area (TPSA) is 67.2 Å². The van der Waals surface area contributed by atoms with Crippen molar-refractivity contribution in [3.8, 4) is 11.1 Å². The van der Waals surface area contributed by atoms with E-state index >= 15 is 0 Å². The van der Waals surface area contributed by atoms with Crippen molar-refractivity contribution < 1.29 is 4.79 Å². The number of carbonyl (C=O) groups is 1. The van der Waals surface area contributed by atoms with Gasteiger partial charge in [0, 0.05) is 74.0 Å². The summed E-state index contributed by atoms with van der Waals surface area (Å²) in [6.45, 7) is 5.95. The Hall–Kier alpha value is -3.58. The minimum atomic E-state index is 0.0548. The van der Waals surface area contributed by atoms with Crippen LogP contribution in [0, 0.1) is 6.92 Å². The van der Waals surface area contributed by atoms with E-state index < -0.39 is 0 Å². The zero-order valence-corrected chi connectivity index (χ0v) is 19.3. The summed E-state index contributed by atoms with van der Waals surface area (Å²) in [6.07, 6.45) is 7.75. The summed E-state index contributed by atoms with van der Waals surface area (Å²) in [6, 6.07) is 10.0. The second kappa shape index (κ2) is 8.75. The van der Waals surface area contributed by atoms with Crippen molar-refractivity contribution in [3.63, 3.8) is 0 Å². The van der Waals surface area contributed by atoms with Crippen LogP contribution in [0.2, 0.25) is 0 Å². The van der Waals surface area contributed by atoms with Gasteiger partial charge in [0.1, 0.15) is 5.82 Å². The molecule has 1 fully saturated rings. The van der Waals surface area contributed by atoms with E-state index in [1.165, 1.54) is 5.56 Å². The Morgan fingerprint density at radius 3 is 2.55 bits per heavy atom. The Labute approximate surface area is 193 Å². The van der Waals surface area contributed by atoms with E-state index in [0.29, 0.717) is 5.56 Å². The third kappa shape index (κ3) is 4.50. The van der Waals surface area contributed by atoms with E-state index in [9.17, 15) is 4.79 Å². The predicted octanol–water partition coefficient (Wildman–Crippen LogP) is 3.52. The minimum absolute atomic E-state index is 0.0548. The van der Waals surface area contributed by atoms with Crippen LogP contribution in [-0.4, -0.2) is 63.7 Å². The number of nitrogens with zero attached hydrogens (tertiary/aromatic N) is 6. The van der Waals surface area contributed by atoms with Crippen LogP contribution in [0.15, 0.2) is 55.1 Å². The predicted molar refractivity (Wildman–Crippen MR) is 131 cm³/mol. The molecule has 1 aromatic carbocycles. The summed E-state index contributed by atoms with van der Waals surface area (Å²) < 4.78 is 1.81. The number of ketones is 1. The molecule has 4 aromatic rings. The molecule has 168 valence electrons. The number of fused-ring (bicyclic) bond motifs is 1. The molecule has 1 aliphatic rings. The van der Waals surface area contributed by atoms with Gasteiger partial charge >= 0.3 is 0 Å². The number of Topliss-reactive ketones (excluding diaryl/α,β-unsaturated/α-hetero) is 1. The van der Waals surface area contributed by atoms with Crippen LogP contribution in [0.1, 0.15) is 21.6 Å². The molecule has 0 aliphatic carbocycles. The Morgan fingerprint density at radius 1 is 0.970 bits per heavy atom. The summed E-state index contributed by atoms with van der Waals surface area (Å²) in [4.78, 5) is 26.7. The van der Waals surface area contributed by atoms with Crippen LogP contribution in [-0.2, 0) is 13.5 Å². The first-order valence-electron chi connectivity index (χ1n) is 11.3. The van der Waals surface area contributed by atoms with Gasteiger partial charge in [-0.2, -0.15) is 5.10 Å². The van der Waals surface area contributed by atoms with Crippen molar-refractivity contribution >= 4 is 22.4 Å². The Bertz CT molecular complexity index is 1320. The first-order chi connectivity index (χ1) is 16.0. The zero-order valence-electron chi connectivity index (χ0n) is 19.3. The molecular formula is C26H28N6O. The summed E-state index contributed by atoms with van der Waals surface area (Å²) in [5.74, 6) is 0.927. The Balaban J connectivity index is 1.38. The summed E-state index contributed by atoms with van der Waals surface area (Å²) >= 11 is 0. The number of benzene rings is 1. The number of anilines is 1. The first kappa shape index (κ1) is 21.3. The minimum Gasteiger partial charge on any atom is -0.354 e. The van der Waals surface area contributed by atoms with E-state index in [4.69, 9.17) is 0 Å².